The van der Waals surface area contributed by atoms with Crippen molar-refractivity contribution in [3.05, 3.63) is 58.7 Å². The largest absolute Gasteiger partial charge is 0.354 e. The fourth-order valence-corrected chi connectivity index (χ4v) is 3.88. The molecule has 0 bridgehead atoms. The monoisotopic (exact) mass is 398 g/mol. The topological polar surface area (TPSA) is 39.7 Å². The van der Waals surface area contributed by atoms with Gasteiger partial charge in [0.1, 0.15) is 5.82 Å². The van der Waals surface area contributed by atoms with Gasteiger partial charge in [0.05, 0.1) is 0 Å². The summed E-state index contributed by atoms with van der Waals surface area (Å²) in [6.45, 7) is 4.74. The van der Waals surface area contributed by atoms with E-state index in [9.17, 15) is 4.79 Å². The van der Waals surface area contributed by atoms with Crippen LogP contribution in [-0.4, -0.2) is 60.0 Å². The smallest absolute Gasteiger partial charge is 0.254 e. The molecule has 1 aromatic heterocycles. The van der Waals surface area contributed by atoms with Crippen molar-refractivity contribution in [1.82, 2.24) is 14.8 Å². The zero-order valence-electron chi connectivity index (χ0n) is 16.4. The lowest BCUT2D eigenvalue weighted by atomic mass is 9.90. The summed E-state index contributed by atoms with van der Waals surface area (Å²) < 4.78 is 0. The number of benzene rings is 1. The van der Waals surface area contributed by atoms with Gasteiger partial charge in [-0.3, -0.25) is 4.79 Å². The molecule has 0 radical (unpaired) electrons. The van der Waals surface area contributed by atoms with Gasteiger partial charge in [-0.25, -0.2) is 4.98 Å². The Morgan fingerprint density at radius 3 is 2.39 bits per heavy atom. The molecule has 0 spiro atoms. The van der Waals surface area contributed by atoms with E-state index in [1.54, 1.807) is 12.1 Å². The van der Waals surface area contributed by atoms with Crippen molar-refractivity contribution in [2.75, 3.05) is 38.1 Å². The van der Waals surface area contributed by atoms with Crippen molar-refractivity contribution in [3.63, 3.8) is 0 Å². The minimum Gasteiger partial charge on any atom is -0.354 e. The lowest BCUT2D eigenvalue weighted by Gasteiger charge is -2.38. The summed E-state index contributed by atoms with van der Waals surface area (Å²) in [4.78, 5) is 24.4. The van der Waals surface area contributed by atoms with Crippen LogP contribution < -0.4 is 4.90 Å². The number of hydrogen-bond donors (Lipinski definition) is 0. The summed E-state index contributed by atoms with van der Waals surface area (Å²) in [7, 11) is 2.15. The van der Waals surface area contributed by atoms with Crippen LogP contribution in [0.1, 0.15) is 35.2 Å². The van der Waals surface area contributed by atoms with Crippen LogP contribution in [0.2, 0.25) is 5.02 Å². The second-order valence-corrected chi connectivity index (χ2v) is 8.28. The number of aromatic nitrogens is 1. The summed E-state index contributed by atoms with van der Waals surface area (Å²) in [5.41, 5.74) is 1.77. The maximum Gasteiger partial charge on any atom is 0.254 e. The Hall–Kier alpha value is -2.11. The van der Waals surface area contributed by atoms with E-state index in [4.69, 9.17) is 11.6 Å². The van der Waals surface area contributed by atoms with Gasteiger partial charge in [0.25, 0.3) is 5.91 Å². The summed E-state index contributed by atoms with van der Waals surface area (Å²) in [5.74, 6) is 1.10. The Kier molecular flexibility index (Phi) is 5.83. The summed E-state index contributed by atoms with van der Waals surface area (Å²) >= 11 is 5.97. The molecule has 2 fully saturated rings. The number of halogens is 1. The predicted octanol–water partition coefficient (Wildman–Crippen LogP) is 3.68. The molecule has 2 heterocycles. The Labute approximate surface area is 171 Å². The number of anilines is 1. The number of amides is 1. The van der Waals surface area contributed by atoms with Gasteiger partial charge in [0.15, 0.2) is 0 Å². The number of carbonyl (C=O) groups is 1. The molecule has 0 unspecified atom stereocenters. The van der Waals surface area contributed by atoms with E-state index in [0.717, 1.165) is 50.4 Å². The molecule has 1 aliphatic carbocycles. The molecule has 1 aromatic carbocycles. The van der Waals surface area contributed by atoms with Crippen LogP contribution in [0.5, 0.6) is 0 Å². The fourth-order valence-electron chi connectivity index (χ4n) is 3.75. The van der Waals surface area contributed by atoms with Crippen LogP contribution in [0.15, 0.2) is 42.6 Å². The van der Waals surface area contributed by atoms with Crippen LogP contribution in [0, 0.1) is 0 Å². The van der Waals surface area contributed by atoms with Crippen molar-refractivity contribution in [3.8, 4) is 0 Å². The molecule has 28 heavy (non-hydrogen) atoms. The lowest BCUT2D eigenvalue weighted by molar-refractivity contribution is 0.0556. The highest BCUT2D eigenvalue weighted by Crippen LogP contribution is 2.28. The molecule has 1 aliphatic heterocycles. The van der Waals surface area contributed by atoms with E-state index in [0.29, 0.717) is 23.2 Å². The molecule has 2 aromatic rings. The fraction of sp³-hybridized carbons (Fsp3) is 0.455. The molecule has 1 saturated carbocycles. The van der Waals surface area contributed by atoms with E-state index in [1.165, 1.54) is 6.42 Å². The van der Waals surface area contributed by atoms with Gasteiger partial charge in [-0.05, 0) is 62.2 Å². The van der Waals surface area contributed by atoms with E-state index >= 15 is 0 Å². The van der Waals surface area contributed by atoms with Gasteiger partial charge in [0, 0.05) is 55.5 Å². The first-order valence-corrected chi connectivity index (χ1v) is 10.4. The van der Waals surface area contributed by atoms with Gasteiger partial charge in [0.2, 0.25) is 0 Å². The van der Waals surface area contributed by atoms with E-state index in [2.05, 4.69) is 34.0 Å². The van der Waals surface area contributed by atoms with Crippen LogP contribution in [0.25, 0.3) is 0 Å². The molecule has 148 valence electrons. The van der Waals surface area contributed by atoms with E-state index in [1.807, 2.05) is 23.2 Å². The zero-order valence-corrected chi connectivity index (χ0v) is 17.1. The molecule has 5 nitrogen and oxygen atoms in total. The summed E-state index contributed by atoms with van der Waals surface area (Å²) in [5, 5.41) is 0.649. The van der Waals surface area contributed by atoms with Gasteiger partial charge < -0.3 is 14.7 Å². The molecule has 0 atom stereocenters. The van der Waals surface area contributed by atoms with Gasteiger partial charge in [-0.1, -0.05) is 17.7 Å². The Morgan fingerprint density at radius 2 is 1.82 bits per heavy atom. The molecule has 6 heteroatoms. The number of piperazine rings is 1. The van der Waals surface area contributed by atoms with Crippen LogP contribution >= 0.6 is 11.6 Å². The first-order valence-electron chi connectivity index (χ1n) is 10.0. The summed E-state index contributed by atoms with van der Waals surface area (Å²) in [6, 6.07) is 11.7. The molecule has 1 saturated heterocycles. The molecule has 2 aliphatic rings. The first kappa shape index (κ1) is 19.2. The van der Waals surface area contributed by atoms with Crippen molar-refractivity contribution < 1.29 is 4.79 Å². The molecule has 0 N–H and O–H groups in total. The Morgan fingerprint density at radius 1 is 1.11 bits per heavy atom. The van der Waals surface area contributed by atoms with Crippen molar-refractivity contribution in [2.24, 2.45) is 0 Å². The second kappa shape index (κ2) is 8.50. The van der Waals surface area contributed by atoms with Crippen LogP contribution in [0.4, 0.5) is 5.82 Å². The maximum atomic E-state index is 13.1. The Balaban J connectivity index is 1.46. The number of hydrogen-bond acceptors (Lipinski definition) is 4. The lowest BCUT2D eigenvalue weighted by Crippen LogP contribution is -2.45. The molecular weight excluding hydrogens is 372 g/mol. The molecule has 4 rings (SSSR count). The van der Waals surface area contributed by atoms with Gasteiger partial charge in [-0.2, -0.15) is 0 Å². The predicted molar refractivity (Wildman–Crippen MR) is 113 cm³/mol. The third kappa shape index (κ3) is 4.31. The number of rotatable bonds is 5. The minimum atomic E-state index is 0.0736. The highest BCUT2D eigenvalue weighted by molar-refractivity contribution is 6.30. The second-order valence-electron chi connectivity index (χ2n) is 7.84. The number of pyridine rings is 1. The highest BCUT2D eigenvalue weighted by atomic mass is 35.5. The standard InChI is InChI=1S/C22H27ClN4O/c1-25-11-13-26(14-12-25)21-10-5-17(15-24-21)16-27(20-3-2-4-20)22(28)18-6-8-19(23)9-7-18/h5-10,15,20H,2-4,11-14,16H2,1H3. The third-order valence-electron chi connectivity index (χ3n) is 5.86. The van der Waals surface area contributed by atoms with Gasteiger partial charge >= 0.3 is 0 Å². The zero-order chi connectivity index (χ0) is 19.5. The third-order valence-corrected chi connectivity index (χ3v) is 6.11. The maximum absolute atomic E-state index is 13.1. The van der Waals surface area contributed by atoms with E-state index < -0.39 is 0 Å². The van der Waals surface area contributed by atoms with Crippen molar-refractivity contribution in [2.45, 2.75) is 31.8 Å². The Bertz CT molecular complexity index is 796. The first-order chi connectivity index (χ1) is 13.6. The van der Waals surface area contributed by atoms with Crippen molar-refractivity contribution >= 4 is 23.3 Å². The quantitative estimate of drug-likeness (QED) is 0.770. The van der Waals surface area contributed by atoms with E-state index in [-0.39, 0.29) is 5.91 Å². The summed E-state index contributed by atoms with van der Waals surface area (Å²) in [6.07, 6.45) is 5.27. The van der Waals surface area contributed by atoms with Crippen LogP contribution in [-0.2, 0) is 6.54 Å². The number of likely N-dealkylation sites (N-methyl/N-ethyl adjacent to an activating group) is 1. The van der Waals surface area contributed by atoms with Crippen LogP contribution in [0.3, 0.4) is 0 Å². The minimum absolute atomic E-state index is 0.0736. The molecule has 1 amide bonds. The SMILES string of the molecule is CN1CCN(c2ccc(CN(C(=O)c3ccc(Cl)cc3)C3CCC3)cn2)CC1. The normalized spacial score (nSPS) is 18.0. The number of carbonyl (C=O) groups excluding carboxylic acids is 1. The van der Waals surface area contributed by atoms with Crippen molar-refractivity contribution in [1.29, 1.82) is 0 Å². The highest BCUT2D eigenvalue weighted by Gasteiger charge is 2.29. The number of nitrogens with zero attached hydrogens (tertiary/aromatic N) is 4. The average molecular weight is 399 g/mol. The van der Waals surface area contributed by atoms with Gasteiger partial charge in [-0.15, -0.1) is 0 Å². The molecular formula is C22H27ClN4O. The average Bonchev–Trinajstić information content (AvgIpc) is 2.67.